The minimum absolute atomic E-state index is 0.0455. The minimum Gasteiger partial charge on any atom is -0.497 e. The van der Waals surface area contributed by atoms with Gasteiger partial charge in [-0.3, -0.25) is 13.9 Å². The number of hydrogen-bond donors (Lipinski definition) is 0. The molecule has 0 radical (unpaired) electrons. The first-order valence-corrected chi connectivity index (χ1v) is 12.6. The molecule has 0 heterocycles. The predicted octanol–water partition coefficient (Wildman–Crippen LogP) is 4.98. The number of rotatable bonds is 10. The van der Waals surface area contributed by atoms with E-state index in [1.54, 1.807) is 36.4 Å². The van der Waals surface area contributed by atoms with Crippen LogP contribution in [0.1, 0.15) is 27.9 Å². The molecule has 184 valence electrons. The fourth-order valence-corrected chi connectivity index (χ4v) is 5.06. The predicted molar refractivity (Wildman–Crippen MR) is 135 cm³/mol. The number of methoxy groups -OCH3 is 1. The summed E-state index contributed by atoms with van der Waals surface area (Å²) in [5.74, 6) is -0.458. The Kier molecular flexibility index (Phi) is 8.53. The fourth-order valence-electron chi connectivity index (χ4n) is 3.49. The zero-order valence-corrected chi connectivity index (χ0v) is 21.2. The summed E-state index contributed by atoms with van der Waals surface area (Å²) >= 11 is 5.92. The van der Waals surface area contributed by atoms with Crippen molar-refractivity contribution in [3.05, 3.63) is 88.4 Å². The topological polar surface area (TPSA) is 90.0 Å². The van der Waals surface area contributed by atoms with E-state index >= 15 is 0 Å². The number of benzene rings is 3. The van der Waals surface area contributed by atoms with Gasteiger partial charge in [0.05, 0.1) is 24.1 Å². The van der Waals surface area contributed by atoms with E-state index < -0.39 is 22.6 Å². The molecule has 0 fully saturated rings. The van der Waals surface area contributed by atoms with Crippen LogP contribution in [-0.4, -0.2) is 40.4 Å². The number of carbonyl (C=O) groups is 2. The van der Waals surface area contributed by atoms with E-state index in [1.807, 2.05) is 19.9 Å². The highest BCUT2D eigenvalue weighted by molar-refractivity contribution is 7.92. The van der Waals surface area contributed by atoms with Crippen molar-refractivity contribution in [2.45, 2.75) is 25.2 Å². The van der Waals surface area contributed by atoms with Gasteiger partial charge in [0.1, 0.15) is 5.75 Å². The van der Waals surface area contributed by atoms with Crippen LogP contribution in [0.5, 0.6) is 5.75 Å². The summed E-state index contributed by atoms with van der Waals surface area (Å²) in [4.78, 5) is 24.8. The molecule has 0 aromatic heterocycles. The highest BCUT2D eigenvalue weighted by Crippen LogP contribution is 2.27. The zero-order valence-electron chi connectivity index (χ0n) is 19.7. The van der Waals surface area contributed by atoms with Crippen molar-refractivity contribution in [3.63, 3.8) is 0 Å². The van der Waals surface area contributed by atoms with Crippen molar-refractivity contribution >= 4 is 39.1 Å². The lowest BCUT2D eigenvalue weighted by Gasteiger charge is -2.25. The van der Waals surface area contributed by atoms with Crippen molar-refractivity contribution in [2.24, 2.45) is 0 Å². The lowest BCUT2D eigenvalue weighted by atomic mass is 10.1. The maximum Gasteiger partial charge on any atom is 0.308 e. The Morgan fingerprint density at radius 2 is 1.51 bits per heavy atom. The molecule has 0 aliphatic carbocycles. The van der Waals surface area contributed by atoms with E-state index in [-0.39, 0.29) is 23.6 Å². The summed E-state index contributed by atoms with van der Waals surface area (Å²) in [6.07, 6.45) is -0.240. The first kappa shape index (κ1) is 26.2. The largest absolute Gasteiger partial charge is 0.497 e. The molecule has 0 bridgehead atoms. The Morgan fingerprint density at radius 1 is 0.914 bits per heavy atom. The second kappa shape index (κ2) is 11.4. The fraction of sp³-hybridized carbons (Fsp3) is 0.231. The van der Waals surface area contributed by atoms with Crippen LogP contribution in [0.3, 0.4) is 0 Å². The van der Waals surface area contributed by atoms with Crippen molar-refractivity contribution in [1.29, 1.82) is 0 Å². The van der Waals surface area contributed by atoms with Gasteiger partial charge in [-0.05, 0) is 85.6 Å². The van der Waals surface area contributed by atoms with E-state index in [0.29, 0.717) is 22.0 Å². The number of anilines is 1. The number of nitrogens with zero attached hydrogens (tertiary/aromatic N) is 1. The van der Waals surface area contributed by atoms with Crippen LogP contribution in [0, 0.1) is 13.8 Å². The minimum atomic E-state index is -3.99. The molecule has 0 saturated heterocycles. The summed E-state index contributed by atoms with van der Waals surface area (Å²) in [7, 11) is -2.47. The molecule has 9 heteroatoms. The summed E-state index contributed by atoms with van der Waals surface area (Å²) in [5, 5.41) is 0.409. The summed E-state index contributed by atoms with van der Waals surface area (Å²) in [5.41, 5.74) is 2.56. The molecule has 3 aromatic carbocycles. The summed E-state index contributed by atoms with van der Waals surface area (Å²) in [6, 6.07) is 17.6. The van der Waals surface area contributed by atoms with Crippen LogP contribution in [0.15, 0.2) is 71.6 Å². The van der Waals surface area contributed by atoms with Crippen molar-refractivity contribution in [3.8, 4) is 5.75 Å². The Morgan fingerprint density at radius 3 is 2.09 bits per heavy atom. The maximum atomic E-state index is 13.4. The highest BCUT2D eigenvalue weighted by atomic mass is 35.5. The van der Waals surface area contributed by atoms with Crippen molar-refractivity contribution in [2.75, 3.05) is 24.6 Å². The molecule has 0 saturated carbocycles. The average molecular weight is 516 g/mol. The molecule has 35 heavy (non-hydrogen) atoms. The van der Waals surface area contributed by atoms with Gasteiger partial charge in [0.25, 0.3) is 10.0 Å². The number of ketones is 1. The summed E-state index contributed by atoms with van der Waals surface area (Å²) in [6.45, 7) is 3.12. The van der Waals surface area contributed by atoms with Gasteiger partial charge in [-0.15, -0.1) is 0 Å². The van der Waals surface area contributed by atoms with Gasteiger partial charge in [-0.25, -0.2) is 8.42 Å². The van der Waals surface area contributed by atoms with Gasteiger partial charge < -0.3 is 9.47 Å². The number of sulfonamides is 1. The number of esters is 1. The molecule has 3 aromatic rings. The molecule has 0 aliphatic rings. The quantitative estimate of drug-likeness (QED) is 0.279. The molecule has 7 nitrogen and oxygen atoms in total. The molecular weight excluding hydrogens is 490 g/mol. The lowest BCUT2D eigenvalue weighted by molar-refractivity contribution is -0.142. The third-order valence-corrected chi connectivity index (χ3v) is 7.28. The Labute approximate surface area is 210 Å². The number of hydrogen-bond acceptors (Lipinski definition) is 6. The Bertz CT molecular complexity index is 1280. The van der Waals surface area contributed by atoms with Crippen LogP contribution in [0.2, 0.25) is 5.02 Å². The molecule has 0 atom stereocenters. The van der Waals surface area contributed by atoms with Gasteiger partial charge in [-0.1, -0.05) is 17.7 Å². The maximum absolute atomic E-state index is 13.4. The second-order valence-electron chi connectivity index (χ2n) is 7.94. The number of aryl methyl sites for hydroxylation is 2. The smallest absolute Gasteiger partial charge is 0.308 e. The van der Waals surface area contributed by atoms with E-state index in [2.05, 4.69) is 0 Å². The average Bonchev–Trinajstić information content (AvgIpc) is 2.82. The SMILES string of the molecule is COc1ccc(C(=O)COC(=O)CCN(c2cc(C)cc(C)c2)S(=O)(=O)c2ccc(Cl)cc2)cc1. The molecule has 0 unspecified atom stereocenters. The zero-order chi connectivity index (χ0) is 25.6. The van der Waals surface area contributed by atoms with Gasteiger partial charge in [0.2, 0.25) is 0 Å². The summed E-state index contributed by atoms with van der Waals surface area (Å²) < 4.78 is 38.3. The first-order chi connectivity index (χ1) is 16.6. The van der Waals surface area contributed by atoms with Crippen LogP contribution in [0.4, 0.5) is 5.69 Å². The van der Waals surface area contributed by atoms with Gasteiger partial charge in [-0.2, -0.15) is 0 Å². The van der Waals surface area contributed by atoms with Gasteiger partial charge in [0.15, 0.2) is 12.4 Å². The van der Waals surface area contributed by atoms with E-state index in [9.17, 15) is 18.0 Å². The Balaban J connectivity index is 1.74. The van der Waals surface area contributed by atoms with E-state index in [4.69, 9.17) is 21.1 Å². The van der Waals surface area contributed by atoms with Crippen LogP contribution < -0.4 is 9.04 Å². The third-order valence-electron chi connectivity index (χ3n) is 5.19. The van der Waals surface area contributed by atoms with Crippen molar-refractivity contribution < 1.29 is 27.5 Å². The molecule has 0 spiro atoms. The first-order valence-electron chi connectivity index (χ1n) is 10.8. The third kappa shape index (κ3) is 6.83. The van der Waals surface area contributed by atoms with Gasteiger partial charge in [0, 0.05) is 17.1 Å². The number of carbonyl (C=O) groups excluding carboxylic acids is 2. The van der Waals surface area contributed by atoms with E-state index in [1.165, 1.54) is 35.7 Å². The van der Waals surface area contributed by atoms with E-state index in [0.717, 1.165) is 11.1 Å². The number of ether oxygens (including phenoxy) is 2. The molecule has 0 aliphatic heterocycles. The number of Topliss-reactive ketones (excluding diaryl/α,β-unsaturated/α-hetero) is 1. The van der Waals surface area contributed by atoms with Crippen LogP contribution >= 0.6 is 11.6 Å². The standard InChI is InChI=1S/C26H26ClNO6S/c1-18-14-19(2)16-22(15-18)28(35(31,32)24-10-6-21(27)7-11-24)13-12-26(30)34-17-25(29)20-4-8-23(33-3)9-5-20/h4-11,14-16H,12-13,17H2,1-3H3. The van der Waals surface area contributed by atoms with Crippen LogP contribution in [0.25, 0.3) is 0 Å². The normalized spacial score (nSPS) is 11.1. The second-order valence-corrected chi connectivity index (χ2v) is 10.2. The number of halogens is 1. The molecule has 3 rings (SSSR count). The Hall–Kier alpha value is -3.36. The monoisotopic (exact) mass is 515 g/mol. The van der Waals surface area contributed by atoms with Crippen molar-refractivity contribution in [1.82, 2.24) is 0 Å². The molecular formula is C26H26ClNO6S. The molecule has 0 amide bonds. The van der Waals surface area contributed by atoms with Crippen LogP contribution in [-0.2, 0) is 19.6 Å². The van der Waals surface area contributed by atoms with Gasteiger partial charge >= 0.3 is 5.97 Å². The lowest BCUT2D eigenvalue weighted by Crippen LogP contribution is -2.33. The highest BCUT2D eigenvalue weighted by Gasteiger charge is 2.26. The molecule has 0 N–H and O–H groups in total.